The Bertz CT molecular complexity index is 261. The summed E-state index contributed by atoms with van der Waals surface area (Å²) >= 11 is 1.56. The number of allylic oxidation sites excluding steroid dienone is 7. The van der Waals surface area contributed by atoms with Crippen LogP contribution in [0.2, 0.25) is 13.1 Å². The summed E-state index contributed by atoms with van der Waals surface area (Å²) in [6.45, 7) is 2.99. The van der Waals surface area contributed by atoms with Crippen molar-refractivity contribution in [2.45, 2.75) is 19.6 Å². The fraction of sp³-hybridized carbons (Fsp3) is 0.273. The molecule has 1 heterocycles. The van der Waals surface area contributed by atoms with Crippen LogP contribution in [-0.2, 0) is 24.7 Å². The van der Waals surface area contributed by atoms with Crippen LogP contribution >= 0.6 is 0 Å². The molecule has 13 heavy (non-hydrogen) atoms. The molecule has 0 radical (unpaired) electrons. The zero-order chi connectivity index (χ0) is 9.52. The molecule has 0 saturated carbocycles. The second-order valence-corrected chi connectivity index (χ2v) is 4.93. The van der Waals surface area contributed by atoms with Crippen molar-refractivity contribution in [2.75, 3.05) is 0 Å². The van der Waals surface area contributed by atoms with E-state index in [1.165, 1.54) is 12.7 Å². The fourth-order valence-electron chi connectivity index (χ4n) is 1.15. The SMILES string of the molecule is CB1C=CC=CC1.[Zr][C]1=CC=CC1. The molecular formula is C11H14BZr. The molecule has 0 fully saturated rings. The molecule has 0 aromatic rings. The molecule has 0 saturated heterocycles. The summed E-state index contributed by atoms with van der Waals surface area (Å²) in [4.78, 5) is 0. The van der Waals surface area contributed by atoms with Crippen molar-refractivity contribution in [1.29, 1.82) is 0 Å². The second kappa shape index (κ2) is 6.38. The van der Waals surface area contributed by atoms with Crippen LogP contribution in [0, 0.1) is 0 Å². The van der Waals surface area contributed by atoms with Crippen LogP contribution in [0.4, 0.5) is 0 Å². The van der Waals surface area contributed by atoms with E-state index in [9.17, 15) is 0 Å². The summed E-state index contributed by atoms with van der Waals surface area (Å²) in [7, 11) is 0. The van der Waals surface area contributed by atoms with E-state index in [0.29, 0.717) is 0 Å². The van der Waals surface area contributed by atoms with Crippen LogP contribution in [0.15, 0.2) is 45.7 Å². The molecule has 0 amide bonds. The van der Waals surface area contributed by atoms with Gasteiger partial charge in [0, 0.05) is 0 Å². The third kappa shape index (κ3) is 5.26. The molecule has 0 atom stereocenters. The molecule has 0 N–H and O–H groups in total. The zero-order valence-electron chi connectivity index (χ0n) is 8.03. The summed E-state index contributed by atoms with van der Waals surface area (Å²) in [5.74, 6) is 2.22. The first kappa shape index (κ1) is 11.0. The molecule has 0 bridgehead atoms. The quantitative estimate of drug-likeness (QED) is 0.578. The fourth-order valence-corrected chi connectivity index (χ4v) is 1.68. The third-order valence-corrected chi connectivity index (χ3v) is 2.88. The average molecular weight is 248 g/mol. The average Bonchev–Trinajstić information content (AvgIpc) is 2.58. The normalized spacial score (nSPS) is 18.2. The summed E-state index contributed by atoms with van der Waals surface area (Å²) in [5.41, 5.74) is 0. The molecule has 0 aromatic carbocycles. The van der Waals surface area contributed by atoms with Crippen molar-refractivity contribution < 1.29 is 24.7 Å². The Morgan fingerprint density at radius 2 is 2.08 bits per heavy atom. The van der Waals surface area contributed by atoms with Crippen LogP contribution in [0.5, 0.6) is 0 Å². The molecule has 0 aromatic heterocycles. The molecule has 1 aliphatic carbocycles. The number of hydrogen-bond donors (Lipinski definition) is 0. The Hall–Kier alpha value is -0.0919. The first-order chi connectivity index (χ1) is 6.29. The van der Waals surface area contributed by atoms with Crippen LogP contribution in [0.1, 0.15) is 6.42 Å². The zero-order valence-corrected chi connectivity index (χ0v) is 10.5. The van der Waals surface area contributed by atoms with Crippen molar-refractivity contribution in [3.63, 3.8) is 0 Å². The Labute approximate surface area is 96.4 Å². The van der Waals surface area contributed by atoms with Gasteiger partial charge < -0.3 is 0 Å². The van der Waals surface area contributed by atoms with E-state index in [2.05, 4.69) is 49.3 Å². The van der Waals surface area contributed by atoms with Gasteiger partial charge in [0.05, 0.1) is 0 Å². The number of rotatable bonds is 0. The minimum atomic E-state index is 0.769. The molecule has 65 valence electrons. The minimum absolute atomic E-state index is 0.769. The third-order valence-electron chi connectivity index (χ3n) is 1.97. The van der Waals surface area contributed by atoms with E-state index in [0.717, 1.165) is 6.71 Å². The van der Waals surface area contributed by atoms with Gasteiger partial charge in [-0.05, 0) is 0 Å². The van der Waals surface area contributed by atoms with Gasteiger partial charge in [0.2, 0.25) is 0 Å². The summed E-state index contributed by atoms with van der Waals surface area (Å²) in [6, 6.07) is 0. The number of hydrogen-bond acceptors (Lipinski definition) is 0. The molecule has 0 unspecified atom stereocenters. The monoisotopic (exact) mass is 247 g/mol. The van der Waals surface area contributed by atoms with E-state index in [1.807, 2.05) is 0 Å². The van der Waals surface area contributed by atoms with Crippen molar-refractivity contribution >= 4 is 6.71 Å². The van der Waals surface area contributed by atoms with E-state index in [-0.39, 0.29) is 0 Å². The van der Waals surface area contributed by atoms with Crippen molar-refractivity contribution in [3.05, 3.63) is 45.7 Å². The van der Waals surface area contributed by atoms with Crippen LogP contribution in [0.3, 0.4) is 0 Å². The standard InChI is InChI=1S/C6H9B.C5H5.Zr/c1-7-5-3-2-4-6-7;1-2-4-5-3-1;/h2-5H,6H2,1H3;1-3H,4H2;. The maximum absolute atomic E-state index is 2.22. The van der Waals surface area contributed by atoms with Crippen molar-refractivity contribution in [2.24, 2.45) is 0 Å². The maximum atomic E-state index is 2.22. The van der Waals surface area contributed by atoms with Crippen molar-refractivity contribution in [1.82, 2.24) is 0 Å². The summed E-state index contributed by atoms with van der Waals surface area (Å²) in [6.07, 6.45) is 15.3. The molecule has 2 heteroatoms. The predicted octanol–water partition coefficient (Wildman–Crippen LogP) is 3.15. The van der Waals surface area contributed by atoms with Crippen molar-refractivity contribution in [3.8, 4) is 0 Å². The predicted molar refractivity (Wildman–Crippen MR) is 56.5 cm³/mol. The van der Waals surface area contributed by atoms with Crippen LogP contribution < -0.4 is 0 Å². The Morgan fingerprint density at radius 3 is 2.31 bits per heavy atom. The van der Waals surface area contributed by atoms with E-state index < -0.39 is 0 Å². The van der Waals surface area contributed by atoms with E-state index in [4.69, 9.17) is 0 Å². The van der Waals surface area contributed by atoms with Gasteiger partial charge in [0.25, 0.3) is 0 Å². The second-order valence-electron chi connectivity index (χ2n) is 3.35. The van der Waals surface area contributed by atoms with Gasteiger partial charge in [0.1, 0.15) is 0 Å². The Balaban J connectivity index is 0.000000132. The van der Waals surface area contributed by atoms with Gasteiger partial charge in [-0.1, -0.05) is 31.4 Å². The van der Waals surface area contributed by atoms with Gasteiger partial charge in [-0.25, -0.2) is 0 Å². The van der Waals surface area contributed by atoms with Crippen LogP contribution in [0.25, 0.3) is 0 Å². The van der Waals surface area contributed by atoms with E-state index >= 15 is 0 Å². The molecule has 1 aliphatic heterocycles. The Morgan fingerprint density at radius 1 is 1.23 bits per heavy atom. The molecule has 0 spiro atoms. The summed E-state index contributed by atoms with van der Waals surface area (Å²) < 4.78 is 1.56. The van der Waals surface area contributed by atoms with Crippen LogP contribution in [-0.4, -0.2) is 6.71 Å². The van der Waals surface area contributed by atoms with Gasteiger partial charge >= 0.3 is 52.6 Å². The molecular weight excluding hydrogens is 234 g/mol. The molecule has 0 nitrogen and oxygen atoms in total. The molecule has 2 aliphatic rings. The first-order valence-electron chi connectivity index (χ1n) is 4.69. The first-order valence-corrected chi connectivity index (χ1v) is 5.92. The van der Waals surface area contributed by atoms with Gasteiger partial charge in [-0.3, -0.25) is 0 Å². The van der Waals surface area contributed by atoms with Gasteiger partial charge in [0.15, 0.2) is 6.71 Å². The topological polar surface area (TPSA) is 0 Å². The Kier molecular flexibility index (Phi) is 5.39. The van der Waals surface area contributed by atoms with E-state index in [1.54, 1.807) is 28.0 Å². The van der Waals surface area contributed by atoms with Gasteiger partial charge in [-0.2, -0.15) is 0 Å². The summed E-state index contributed by atoms with van der Waals surface area (Å²) in [5, 5.41) is 0. The molecule has 2 rings (SSSR count). The van der Waals surface area contributed by atoms with Gasteiger partial charge in [-0.15, -0.1) is 5.98 Å².